The Hall–Kier alpha value is -2.26. The van der Waals surface area contributed by atoms with Gasteiger partial charge in [0.25, 0.3) is 0 Å². The first-order chi connectivity index (χ1) is 9.84. The van der Waals surface area contributed by atoms with Crippen LogP contribution in [0.25, 0.3) is 17.0 Å². The van der Waals surface area contributed by atoms with Gasteiger partial charge in [-0.25, -0.2) is 4.79 Å². The topological polar surface area (TPSA) is 20.9 Å². The van der Waals surface area contributed by atoms with Gasteiger partial charge in [-0.3, -0.25) is 0 Å². The monoisotopic (exact) mass is 339 g/mol. The Labute approximate surface area is 134 Å². The summed E-state index contributed by atoms with van der Waals surface area (Å²) in [5.41, 5.74) is 1.93. The van der Waals surface area contributed by atoms with E-state index in [2.05, 4.69) is 0 Å². The SMILES string of the molecule is O=C(C=Cc1ccccc1)[n+]1cccc2ccccc21.[Br-]. The Morgan fingerprint density at radius 3 is 2.33 bits per heavy atom. The standard InChI is InChI=1S/C18H14NO.BrH/c20-18(13-12-15-7-2-1-3-8-15)19-14-6-10-16-9-4-5-11-17(16)19;/h1-14H;1H/q+1;/p-1. The molecule has 0 aliphatic carbocycles. The minimum atomic E-state index is -0.0503. The smallest absolute Gasteiger partial charge is 0.417 e. The van der Waals surface area contributed by atoms with Gasteiger partial charge in [-0.1, -0.05) is 42.5 Å². The predicted molar refractivity (Wildman–Crippen MR) is 80.2 cm³/mol. The van der Waals surface area contributed by atoms with Gasteiger partial charge in [-0.2, -0.15) is 0 Å². The van der Waals surface area contributed by atoms with Crippen molar-refractivity contribution in [2.45, 2.75) is 0 Å². The van der Waals surface area contributed by atoms with Crippen LogP contribution in [0.5, 0.6) is 0 Å². The van der Waals surface area contributed by atoms with Crippen LogP contribution in [0.15, 0.2) is 79.0 Å². The second-order valence-electron chi connectivity index (χ2n) is 4.52. The Balaban J connectivity index is 0.00000161. The number of aromatic nitrogens is 1. The molecule has 0 fully saturated rings. The van der Waals surface area contributed by atoms with E-state index in [1.54, 1.807) is 16.8 Å². The summed E-state index contributed by atoms with van der Waals surface area (Å²) in [5.74, 6) is -0.0503. The summed E-state index contributed by atoms with van der Waals surface area (Å²) in [6, 6.07) is 21.5. The maximum atomic E-state index is 12.3. The highest BCUT2D eigenvalue weighted by Crippen LogP contribution is 2.08. The van der Waals surface area contributed by atoms with Crippen LogP contribution < -0.4 is 21.5 Å². The highest BCUT2D eigenvalue weighted by molar-refractivity contribution is 5.88. The van der Waals surface area contributed by atoms with Gasteiger partial charge in [0.1, 0.15) is 0 Å². The molecule has 0 aliphatic rings. The van der Waals surface area contributed by atoms with Crippen molar-refractivity contribution in [1.29, 1.82) is 0 Å². The van der Waals surface area contributed by atoms with Crippen molar-refractivity contribution in [3.05, 3.63) is 84.6 Å². The molecule has 1 aromatic heterocycles. The van der Waals surface area contributed by atoms with Crippen molar-refractivity contribution in [2.24, 2.45) is 0 Å². The zero-order chi connectivity index (χ0) is 13.8. The van der Waals surface area contributed by atoms with Crippen LogP contribution in [-0.2, 0) is 0 Å². The summed E-state index contributed by atoms with van der Waals surface area (Å²) < 4.78 is 1.66. The number of fused-ring (bicyclic) bond motifs is 1. The lowest BCUT2D eigenvalue weighted by atomic mass is 10.2. The molecule has 1 heterocycles. The normalized spacial score (nSPS) is 10.5. The minimum absolute atomic E-state index is 0. The number of benzene rings is 2. The number of rotatable bonds is 2. The van der Waals surface area contributed by atoms with E-state index in [9.17, 15) is 4.79 Å². The largest absolute Gasteiger partial charge is 1.00 e. The first-order valence-electron chi connectivity index (χ1n) is 6.51. The van der Waals surface area contributed by atoms with Crippen LogP contribution in [0, 0.1) is 0 Å². The van der Waals surface area contributed by atoms with E-state index < -0.39 is 0 Å². The van der Waals surface area contributed by atoms with Crippen molar-refractivity contribution in [3.8, 4) is 0 Å². The first-order valence-corrected chi connectivity index (χ1v) is 6.51. The fourth-order valence-corrected chi connectivity index (χ4v) is 2.17. The Morgan fingerprint density at radius 1 is 0.857 bits per heavy atom. The number of pyridine rings is 1. The number of halogens is 1. The minimum Gasteiger partial charge on any atom is -1.00 e. The molecule has 0 bridgehead atoms. The van der Waals surface area contributed by atoms with Crippen LogP contribution >= 0.6 is 0 Å². The Kier molecular flexibility index (Phi) is 5.01. The summed E-state index contributed by atoms with van der Waals surface area (Å²) in [5, 5.41) is 1.05. The lowest BCUT2D eigenvalue weighted by Crippen LogP contribution is -3.00. The summed E-state index contributed by atoms with van der Waals surface area (Å²) in [7, 11) is 0. The fourth-order valence-electron chi connectivity index (χ4n) is 2.17. The average molecular weight is 340 g/mol. The maximum absolute atomic E-state index is 12.3. The number of carbonyl (C=O) groups excluding carboxylic acids is 1. The molecule has 0 radical (unpaired) electrons. The second kappa shape index (κ2) is 6.95. The molecule has 0 atom stereocenters. The molecule has 0 spiro atoms. The summed E-state index contributed by atoms with van der Waals surface area (Å²) in [6.07, 6.45) is 5.22. The first kappa shape index (κ1) is 15.1. The zero-order valence-electron chi connectivity index (χ0n) is 11.3. The van der Waals surface area contributed by atoms with Gasteiger partial charge in [0.15, 0.2) is 6.20 Å². The molecule has 3 heteroatoms. The predicted octanol–water partition coefficient (Wildman–Crippen LogP) is 0.485. The Morgan fingerprint density at radius 2 is 1.52 bits per heavy atom. The molecular formula is C18H14BrNO. The third-order valence-corrected chi connectivity index (χ3v) is 3.16. The molecule has 0 N–H and O–H groups in total. The molecule has 0 amide bonds. The molecule has 104 valence electrons. The molecule has 2 nitrogen and oxygen atoms in total. The summed E-state index contributed by atoms with van der Waals surface area (Å²) >= 11 is 0. The van der Waals surface area contributed by atoms with Gasteiger partial charge in [0.2, 0.25) is 5.52 Å². The van der Waals surface area contributed by atoms with Gasteiger partial charge in [-0.15, -0.1) is 4.57 Å². The number of hydrogen-bond donors (Lipinski definition) is 0. The lowest BCUT2D eigenvalue weighted by molar-refractivity contribution is -0.541. The molecule has 0 saturated heterocycles. The van der Waals surface area contributed by atoms with Gasteiger partial charge in [-0.05, 0) is 23.8 Å². The van der Waals surface area contributed by atoms with E-state index in [0.717, 1.165) is 16.5 Å². The van der Waals surface area contributed by atoms with Crippen LogP contribution in [0.1, 0.15) is 10.4 Å². The number of nitrogens with zero attached hydrogens (tertiary/aromatic N) is 1. The van der Waals surface area contributed by atoms with Crippen molar-refractivity contribution in [3.63, 3.8) is 0 Å². The molecule has 0 unspecified atom stereocenters. The maximum Gasteiger partial charge on any atom is 0.417 e. The summed E-state index contributed by atoms with van der Waals surface area (Å²) in [4.78, 5) is 12.3. The lowest BCUT2D eigenvalue weighted by Gasteiger charge is -1.96. The van der Waals surface area contributed by atoms with Gasteiger partial charge < -0.3 is 17.0 Å². The highest BCUT2D eigenvalue weighted by Gasteiger charge is 2.14. The van der Waals surface area contributed by atoms with Gasteiger partial charge in [0.05, 0.1) is 6.08 Å². The third kappa shape index (κ3) is 3.44. The molecule has 21 heavy (non-hydrogen) atoms. The quantitative estimate of drug-likeness (QED) is 0.491. The van der Waals surface area contributed by atoms with Crippen LogP contribution in [-0.4, -0.2) is 5.91 Å². The molecule has 2 aromatic carbocycles. The average Bonchev–Trinajstić information content (AvgIpc) is 2.53. The van der Waals surface area contributed by atoms with Crippen LogP contribution in [0.3, 0.4) is 0 Å². The second-order valence-corrected chi connectivity index (χ2v) is 4.52. The van der Waals surface area contributed by atoms with Crippen LogP contribution in [0.4, 0.5) is 0 Å². The summed E-state index contributed by atoms with van der Waals surface area (Å²) in [6.45, 7) is 0. The number of para-hydroxylation sites is 1. The number of hydrogen-bond acceptors (Lipinski definition) is 1. The molecule has 0 saturated carbocycles. The number of allylic oxidation sites excluding steroid dienone is 1. The zero-order valence-corrected chi connectivity index (χ0v) is 12.9. The van der Waals surface area contributed by atoms with E-state index in [1.165, 1.54) is 0 Å². The van der Waals surface area contributed by atoms with Gasteiger partial charge in [0, 0.05) is 17.5 Å². The Bertz CT molecular complexity index is 776. The van der Waals surface area contributed by atoms with E-state index in [1.807, 2.05) is 72.8 Å². The van der Waals surface area contributed by atoms with E-state index in [-0.39, 0.29) is 22.9 Å². The van der Waals surface area contributed by atoms with Crippen molar-refractivity contribution < 1.29 is 26.3 Å². The molecule has 3 rings (SSSR count). The van der Waals surface area contributed by atoms with Crippen molar-refractivity contribution in [1.82, 2.24) is 0 Å². The van der Waals surface area contributed by atoms with Gasteiger partial charge >= 0.3 is 5.91 Å². The van der Waals surface area contributed by atoms with E-state index in [4.69, 9.17) is 0 Å². The molecule has 3 aromatic rings. The fraction of sp³-hybridized carbons (Fsp3) is 0. The van der Waals surface area contributed by atoms with Crippen molar-refractivity contribution >= 4 is 22.9 Å². The van der Waals surface area contributed by atoms with E-state index in [0.29, 0.717) is 0 Å². The number of carbonyl (C=O) groups is 1. The molecular weight excluding hydrogens is 326 g/mol. The van der Waals surface area contributed by atoms with E-state index >= 15 is 0 Å². The molecule has 0 aliphatic heterocycles. The van der Waals surface area contributed by atoms with Crippen molar-refractivity contribution in [2.75, 3.05) is 0 Å². The van der Waals surface area contributed by atoms with Crippen LogP contribution in [0.2, 0.25) is 0 Å². The highest BCUT2D eigenvalue weighted by atomic mass is 79.9. The third-order valence-electron chi connectivity index (χ3n) is 3.16.